The van der Waals surface area contributed by atoms with Gasteiger partial charge in [-0.2, -0.15) is 0 Å². The molecular formula is C9H10N2O2. The van der Waals surface area contributed by atoms with Crippen molar-refractivity contribution in [3.05, 3.63) is 12.1 Å². The molecule has 13 heavy (non-hydrogen) atoms. The van der Waals surface area contributed by atoms with Gasteiger partial charge in [0.05, 0.1) is 17.5 Å². The van der Waals surface area contributed by atoms with E-state index in [2.05, 4.69) is 17.6 Å². The van der Waals surface area contributed by atoms with Crippen LogP contribution in [0.15, 0.2) is 12.1 Å². The maximum Gasteiger partial charge on any atom is 0.231 e. The van der Waals surface area contributed by atoms with Crippen molar-refractivity contribution >= 4 is 11.4 Å². The molecule has 0 spiro atoms. The zero-order valence-electron chi connectivity index (χ0n) is 7.26. The second kappa shape index (κ2) is 2.22. The summed E-state index contributed by atoms with van der Waals surface area (Å²) in [5, 5.41) is 6.56. The van der Waals surface area contributed by atoms with Crippen LogP contribution < -0.4 is 20.1 Å². The molecule has 4 nitrogen and oxygen atoms in total. The Kier molecular flexibility index (Phi) is 1.17. The van der Waals surface area contributed by atoms with Gasteiger partial charge in [0.25, 0.3) is 0 Å². The SMILES string of the molecule is CC1Nc2cc3c(cc2N1)OCO3. The first-order valence-electron chi connectivity index (χ1n) is 4.29. The number of rotatable bonds is 0. The molecule has 2 N–H and O–H groups in total. The van der Waals surface area contributed by atoms with Gasteiger partial charge in [-0.05, 0) is 6.92 Å². The second-order valence-corrected chi connectivity index (χ2v) is 3.26. The highest BCUT2D eigenvalue weighted by molar-refractivity contribution is 5.78. The number of hydrogen-bond donors (Lipinski definition) is 2. The average Bonchev–Trinajstić information content (AvgIpc) is 2.63. The molecule has 3 rings (SSSR count). The molecule has 2 aliphatic rings. The van der Waals surface area contributed by atoms with E-state index in [9.17, 15) is 0 Å². The molecule has 0 aromatic heterocycles. The molecule has 0 amide bonds. The van der Waals surface area contributed by atoms with E-state index in [0.717, 1.165) is 22.9 Å². The molecule has 2 heterocycles. The van der Waals surface area contributed by atoms with Crippen LogP contribution in [0.2, 0.25) is 0 Å². The van der Waals surface area contributed by atoms with Crippen LogP contribution in [-0.4, -0.2) is 13.0 Å². The lowest BCUT2D eigenvalue weighted by Crippen LogP contribution is -2.16. The van der Waals surface area contributed by atoms with Crippen LogP contribution in [0.3, 0.4) is 0 Å². The van der Waals surface area contributed by atoms with Crippen LogP contribution in [0.4, 0.5) is 11.4 Å². The third-order valence-corrected chi connectivity index (χ3v) is 2.26. The molecule has 4 heteroatoms. The topological polar surface area (TPSA) is 42.5 Å². The molecule has 0 bridgehead atoms. The van der Waals surface area contributed by atoms with E-state index >= 15 is 0 Å². The number of anilines is 2. The molecule has 68 valence electrons. The first kappa shape index (κ1) is 6.88. The number of fused-ring (bicyclic) bond motifs is 2. The Bertz CT molecular complexity index is 332. The molecule has 0 unspecified atom stereocenters. The van der Waals surface area contributed by atoms with Crippen LogP contribution in [0, 0.1) is 0 Å². The molecule has 0 atom stereocenters. The van der Waals surface area contributed by atoms with Gasteiger partial charge in [0.15, 0.2) is 11.5 Å². The fourth-order valence-electron chi connectivity index (χ4n) is 1.68. The smallest absolute Gasteiger partial charge is 0.231 e. The average molecular weight is 178 g/mol. The zero-order chi connectivity index (χ0) is 8.84. The van der Waals surface area contributed by atoms with Gasteiger partial charge in [-0.15, -0.1) is 0 Å². The van der Waals surface area contributed by atoms with Crippen LogP contribution in [-0.2, 0) is 0 Å². The molecule has 1 aromatic carbocycles. The first-order valence-corrected chi connectivity index (χ1v) is 4.29. The van der Waals surface area contributed by atoms with E-state index in [1.165, 1.54) is 0 Å². The number of benzene rings is 1. The van der Waals surface area contributed by atoms with E-state index in [1.807, 2.05) is 12.1 Å². The van der Waals surface area contributed by atoms with Crippen molar-refractivity contribution in [1.29, 1.82) is 0 Å². The van der Waals surface area contributed by atoms with Gasteiger partial charge in [-0.25, -0.2) is 0 Å². The summed E-state index contributed by atoms with van der Waals surface area (Å²) in [6.45, 7) is 2.39. The Labute approximate surface area is 75.8 Å². The molecule has 0 saturated heterocycles. The monoisotopic (exact) mass is 178 g/mol. The fourth-order valence-corrected chi connectivity index (χ4v) is 1.68. The van der Waals surface area contributed by atoms with Crippen molar-refractivity contribution < 1.29 is 9.47 Å². The standard InChI is InChI=1S/C9H10N2O2/c1-5-10-6-2-8-9(13-4-12-8)3-7(6)11-5/h2-3,5,10-11H,4H2,1H3. The number of nitrogens with one attached hydrogen (secondary N) is 2. The maximum absolute atomic E-state index is 5.27. The number of hydrogen-bond acceptors (Lipinski definition) is 4. The van der Waals surface area contributed by atoms with Gasteiger partial charge in [-0.3, -0.25) is 0 Å². The van der Waals surface area contributed by atoms with Crippen LogP contribution >= 0.6 is 0 Å². The van der Waals surface area contributed by atoms with Crippen molar-refractivity contribution in [2.24, 2.45) is 0 Å². The first-order chi connectivity index (χ1) is 6.33. The van der Waals surface area contributed by atoms with Crippen molar-refractivity contribution in [3.8, 4) is 11.5 Å². The summed E-state index contributed by atoms with van der Waals surface area (Å²) in [6.07, 6.45) is 0.275. The Morgan fingerprint density at radius 3 is 2.23 bits per heavy atom. The molecule has 0 aliphatic carbocycles. The highest BCUT2D eigenvalue weighted by atomic mass is 16.7. The Balaban J connectivity index is 2.10. The van der Waals surface area contributed by atoms with Gasteiger partial charge in [0.1, 0.15) is 0 Å². The zero-order valence-corrected chi connectivity index (χ0v) is 7.26. The predicted molar refractivity (Wildman–Crippen MR) is 49.3 cm³/mol. The highest BCUT2D eigenvalue weighted by Gasteiger charge is 2.22. The minimum absolute atomic E-state index is 0.275. The minimum Gasteiger partial charge on any atom is -0.454 e. The summed E-state index contributed by atoms with van der Waals surface area (Å²) in [7, 11) is 0. The van der Waals surface area contributed by atoms with Gasteiger partial charge in [0.2, 0.25) is 6.79 Å². The quantitative estimate of drug-likeness (QED) is 0.633. The van der Waals surface area contributed by atoms with Crippen LogP contribution in [0.5, 0.6) is 11.5 Å². The van der Waals surface area contributed by atoms with E-state index in [1.54, 1.807) is 0 Å². The van der Waals surface area contributed by atoms with Crippen molar-refractivity contribution in [3.63, 3.8) is 0 Å². The van der Waals surface area contributed by atoms with Crippen LogP contribution in [0.1, 0.15) is 6.92 Å². The molecule has 0 saturated carbocycles. The minimum atomic E-state index is 0.275. The van der Waals surface area contributed by atoms with Crippen molar-refractivity contribution in [1.82, 2.24) is 0 Å². The lowest BCUT2D eigenvalue weighted by Gasteiger charge is -2.01. The lowest BCUT2D eigenvalue weighted by molar-refractivity contribution is 0.174. The second-order valence-electron chi connectivity index (χ2n) is 3.26. The summed E-state index contributed by atoms with van der Waals surface area (Å²) in [6, 6.07) is 3.93. The van der Waals surface area contributed by atoms with Gasteiger partial charge >= 0.3 is 0 Å². The van der Waals surface area contributed by atoms with Gasteiger partial charge in [-0.1, -0.05) is 0 Å². The van der Waals surface area contributed by atoms with E-state index in [4.69, 9.17) is 9.47 Å². The number of ether oxygens (including phenoxy) is 2. The Hall–Kier alpha value is -1.58. The summed E-state index contributed by atoms with van der Waals surface area (Å²) in [5.41, 5.74) is 2.16. The summed E-state index contributed by atoms with van der Waals surface area (Å²) in [5.74, 6) is 1.64. The van der Waals surface area contributed by atoms with Crippen molar-refractivity contribution in [2.45, 2.75) is 13.1 Å². The molecular weight excluding hydrogens is 168 g/mol. The summed E-state index contributed by atoms with van der Waals surface area (Å²) < 4.78 is 10.5. The van der Waals surface area contributed by atoms with E-state index < -0.39 is 0 Å². The third-order valence-electron chi connectivity index (χ3n) is 2.26. The third kappa shape index (κ3) is 0.915. The Morgan fingerprint density at radius 1 is 1.15 bits per heavy atom. The fraction of sp³-hybridized carbons (Fsp3) is 0.333. The molecule has 0 radical (unpaired) electrons. The molecule has 1 aromatic rings. The highest BCUT2D eigenvalue weighted by Crippen LogP contribution is 2.41. The maximum atomic E-state index is 5.27. The van der Waals surface area contributed by atoms with Gasteiger partial charge in [0, 0.05) is 12.1 Å². The van der Waals surface area contributed by atoms with Crippen LogP contribution in [0.25, 0.3) is 0 Å². The van der Waals surface area contributed by atoms with Crippen molar-refractivity contribution in [2.75, 3.05) is 17.4 Å². The largest absolute Gasteiger partial charge is 0.454 e. The van der Waals surface area contributed by atoms with E-state index in [-0.39, 0.29) is 6.17 Å². The lowest BCUT2D eigenvalue weighted by atomic mass is 10.2. The predicted octanol–water partition coefficient (Wildman–Crippen LogP) is 1.60. The molecule has 2 aliphatic heterocycles. The molecule has 0 fully saturated rings. The Morgan fingerprint density at radius 2 is 1.69 bits per heavy atom. The van der Waals surface area contributed by atoms with E-state index in [0.29, 0.717) is 6.79 Å². The normalized spacial score (nSPS) is 17.9. The summed E-state index contributed by atoms with van der Waals surface area (Å²) >= 11 is 0. The van der Waals surface area contributed by atoms with Gasteiger partial charge < -0.3 is 20.1 Å². The summed E-state index contributed by atoms with van der Waals surface area (Å²) in [4.78, 5) is 0.